The van der Waals surface area contributed by atoms with Gasteiger partial charge in [0.1, 0.15) is 0 Å². The van der Waals surface area contributed by atoms with Crippen LogP contribution in [0.5, 0.6) is 0 Å². The quantitative estimate of drug-likeness (QED) is 0.467. The highest BCUT2D eigenvalue weighted by Gasteiger charge is 2.34. The number of benzene rings is 1. The number of allylic oxidation sites excluding steroid dienone is 1. The van der Waals surface area contributed by atoms with Gasteiger partial charge in [0.05, 0.1) is 47.7 Å². The van der Waals surface area contributed by atoms with Gasteiger partial charge in [-0.2, -0.15) is 0 Å². The van der Waals surface area contributed by atoms with Crippen LogP contribution in [0.4, 0.5) is 0 Å². The lowest BCUT2D eigenvalue weighted by molar-refractivity contribution is -0.133. The fraction of sp³-hybridized carbons (Fsp3) is 0.263. The van der Waals surface area contributed by atoms with Gasteiger partial charge in [-0.1, -0.05) is 12.1 Å². The van der Waals surface area contributed by atoms with Gasteiger partial charge in [0.2, 0.25) is 0 Å². The molecule has 0 aromatic heterocycles. The molecule has 2 heterocycles. The van der Waals surface area contributed by atoms with Crippen LogP contribution in [0, 0.1) is 0 Å². The molecule has 2 amide bonds. The monoisotopic (exact) mass is 386 g/mol. The number of carboxylic acid groups (broad SMARTS) is 2. The molecule has 1 aromatic rings. The van der Waals surface area contributed by atoms with Crippen molar-refractivity contribution in [2.24, 2.45) is 0 Å². The molecule has 0 saturated heterocycles. The number of ether oxygens (including phenoxy) is 1. The van der Waals surface area contributed by atoms with Crippen LogP contribution in [-0.2, 0) is 14.3 Å². The molecular formula is C19H18N2O7. The molecule has 2 aliphatic rings. The molecule has 9 nitrogen and oxygen atoms in total. The Morgan fingerprint density at radius 3 is 2.18 bits per heavy atom. The fourth-order valence-electron chi connectivity index (χ4n) is 3.13. The molecule has 0 atom stereocenters. The number of carbonyl (C=O) groups excluding carboxylic acids is 2. The van der Waals surface area contributed by atoms with Crippen molar-refractivity contribution in [2.45, 2.75) is 13.3 Å². The van der Waals surface area contributed by atoms with E-state index in [1.165, 1.54) is 0 Å². The number of fused-ring (bicyclic) bond motifs is 1. The second-order valence-corrected chi connectivity index (χ2v) is 6.33. The van der Waals surface area contributed by atoms with Gasteiger partial charge < -0.3 is 20.3 Å². The van der Waals surface area contributed by atoms with E-state index < -0.39 is 23.8 Å². The number of hydrogen-bond acceptors (Lipinski definition) is 6. The molecule has 9 heteroatoms. The summed E-state index contributed by atoms with van der Waals surface area (Å²) in [7, 11) is 0. The predicted molar refractivity (Wildman–Crippen MR) is 95.4 cm³/mol. The van der Waals surface area contributed by atoms with Crippen LogP contribution in [0.25, 0.3) is 0 Å². The summed E-state index contributed by atoms with van der Waals surface area (Å²) in [6.45, 7) is 1.46. The normalized spacial score (nSPS) is 16.4. The molecule has 1 aromatic carbocycles. The Balaban J connectivity index is 1.60. The zero-order valence-corrected chi connectivity index (χ0v) is 15.0. The van der Waals surface area contributed by atoms with E-state index >= 15 is 0 Å². The van der Waals surface area contributed by atoms with Crippen LogP contribution in [0.1, 0.15) is 34.1 Å². The average molecular weight is 386 g/mol. The standard InChI is InChI=1S/C19H18N2O7/c1-10-13(18(24)25)8-14(19(26)27)15(20-10)9-28-7-6-21-16(22)11-4-2-3-5-12(11)17(21)23/h2-5,20H,6-9H2,1H3,(H,24,25)(H,26,27). The van der Waals surface area contributed by atoms with Crippen molar-refractivity contribution in [1.29, 1.82) is 0 Å². The van der Waals surface area contributed by atoms with Crippen molar-refractivity contribution in [3.8, 4) is 0 Å². The molecule has 2 aliphatic heterocycles. The van der Waals surface area contributed by atoms with Crippen LogP contribution < -0.4 is 5.32 Å². The van der Waals surface area contributed by atoms with Gasteiger partial charge in [-0.05, 0) is 19.1 Å². The molecule has 28 heavy (non-hydrogen) atoms. The Morgan fingerprint density at radius 1 is 1.07 bits per heavy atom. The SMILES string of the molecule is CC1=C(C(=O)O)CC(C(=O)O)=C(COCCN2C(=O)c3ccccc3C2=O)N1. The first-order chi connectivity index (χ1) is 13.3. The minimum atomic E-state index is -1.24. The van der Waals surface area contributed by atoms with Crippen LogP contribution in [0.15, 0.2) is 46.8 Å². The zero-order valence-electron chi connectivity index (χ0n) is 15.0. The number of carbonyl (C=O) groups is 4. The molecule has 0 saturated carbocycles. The second kappa shape index (κ2) is 7.65. The highest BCUT2D eigenvalue weighted by atomic mass is 16.5. The largest absolute Gasteiger partial charge is 0.478 e. The number of nitrogens with zero attached hydrogens (tertiary/aromatic N) is 1. The zero-order chi connectivity index (χ0) is 20.4. The van der Waals surface area contributed by atoms with Crippen molar-refractivity contribution in [2.75, 3.05) is 19.8 Å². The van der Waals surface area contributed by atoms with Crippen LogP contribution >= 0.6 is 0 Å². The maximum absolute atomic E-state index is 12.3. The molecule has 0 radical (unpaired) electrons. The molecule has 146 valence electrons. The van der Waals surface area contributed by atoms with Crippen LogP contribution in [0.2, 0.25) is 0 Å². The molecule has 3 rings (SSSR count). The molecule has 0 bridgehead atoms. The van der Waals surface area contributed by atoms with Gasteiger partial charge in [0, 0.05) is 12.1 Å². The summed E-state index contributed by atoms with van der Waals surface area (Å²) < 4.78 is 5.46. The lowest BCUT2D eigenvalue weighted by Gasteiger charge is -2.22. The van der Waals surface area contributed by atoms with E-state index in [1.54, 1.807) is 31.2 Å². The smallest absolute Gasteiger partial charge is 0.333 e. The number of dihydropyridines is 1. The van der Waals surface area contributed by atoms with Crippen molar-refractivity contribution in [3.63, 3.8) is 0 Å². The van der Waals surface area contributed by atoms with Crippen LogP contribution in [-0.4, -0.2) is 58.6 Å². The van der Waals surface area contributed by atoms with E-state index in [1.807, 2.05) is 0 Å². The predicted octanol–water partition coefficient (Wildman–Crippen LogP) is 0.990. The topological polar surface area (TPSA) is 133 Å². The van der Waals surface area contributed by atoms with Gasteiger partial charge in [-0.25, -0.2) is 9.59 Å². The first-order valence-electron chi connectivity index (χ1n) is 8.49. The summed E-state index contributed by atoms with van der Waals surface area (Å²) in [5.74, 6) is -3.21. The van der Waals surface area contributed by atoms with Gasteiger partial charge in [0.15, 0.2) is 0 Å². The fourth-order valence-corrected chi connectivity index (χ4v) is 3.13. The Morgan fingerprint density at radius 2 is 1.64 bits per heavy atom. The van der Waals surface area contributed by atoms with Gasteiger partial charge >= 0.3 is 11.9 Å². The van der Waals surface area contributed by atoms with Crippen molar-refractivity contribution in [1.82, 2.24) is 10.2 Å². The van der Waals surface area contributed by atoms with E-state index in [2.05, 4.69) is 5.32 Å². The minimum Gasteiger partial charge on any atom is -0.478 e. The molecular weight excluding hydrogens is 368 g/mol. The summed E-state index contributed by atoms with van der Waals surface area (Å²) in [6, 6.07) is 6.53. The Labute approximate surface area is 159 Å². The highest BCUT2D eigenvalue weighted by Crippen LogP contribution is 2.24. The van der Waals surface area contributed by atoms with Gasteiger partial charge in [0.25, 0.3) is 11.8 Å². The van der Waals surface area contributed by atoms with Crippen molar-refractivity contribution < 1.29 is 34.1 Å². The lowest BCUT2D eigenvalue weighted by atomic mass is 9.98. The number of nitrogens with one attached hydrogen (secondary N) is 1. The molecule has 3 N–H and O–H groups in total. The minimum absolute atomic E-state index is 0.0120. The molecule has 0 spiro atoms. The molecule has 0 unspecified atom stereocenters. The second-order valence-electron chi connectivity index (χ2n) is 6.33. The first kappa shape index (κ1) is 19.3. The van der Waals surface area contributed by atoms with E-state index in [4.69, 9.17) is 9.84 Å². The van der Waals surface area contributed by atoms with E-state index in [0.717, 1.165) is 4.90 Å². The maximum atomic E-state index is 12.3. The third-order valence-electron chi connectivity index (χ3n) is 4.61. The van der Waals surface area contributed by atoms with Crippen molar-refractivity contribution in [3.05, 3.63) is 57.9 Å². The molecule has 0 aliphatic carbocycles. The van der Waals surface area contributed by atoms with Crippen LogP contribution in [0.3, 0.4) is 0 Å². The maximum Gasteiger partial charge on any atom is 0.333 e. The van der Waals surface area contributed by atoms with E-state index in [-0.39, 0.29) is 43.0 Å². The third-order valence-corrected chi connectivity index (χ3v) is 4.61. The van der Waals surface area contributed by atoms with E-state index in [0.29, 0.717) is 16.8 Å². The van der Waals surface area contributed by atoms with Gasteiger partial charge in [-0.15, -0.1) is 0 Å². The highest BCUT2D eigenvalue weighted by molar-refractivity contribution is 6.21. The van der Waals surface area contributed by atoms with Crippen molar-refractivity contribution >= 4 is 23.8 Å². The van der Waals surface area contributed by atoms with E-state index in [9.17, 15) is 24.3 Å². The number of hydrogen-bond donors (Lipinski definition) is 3. The Hall–Kier alpha value is -3.46. The summed E-state index contributed by atoms with van der Waals surface area (Å²) in [6.07, 6.45) is -0.222. The average Bonchev–Trinajstić information content (AvgIpc) is 2.89. The van der Waals surface area contributed by atoms with Gasteiger partial charge in [-0.3, -0.25) is 14.5 Å². The number of imide groups is 1. The first-order valence-corrected chi connectivity index (χ1v) is 8.49. The lowest BCUT2D eigenvalue weighted by Crippen LogP contribution is -2.34. The summed E-state index contributed by atoms with van der Waals surface area (Å²) in [4.78, 5) is 48.2. The number of rotatable bonds is 7. The summed E-state index contributed by atoms with van der Waals surface area (Å²) in [5, 5.41) is 21.2. The number of aliphatic carboxylic acids is 2. The Bertz CT molecular complexity index is 910. The molecule has 0 fully saturated rings. The Kier molecular flexibility index (Phi) is 5.27. The number of amides is 2. The third kappa shape index (κ3) is 3.52. The summed E-state index contributed by atoms with van der Waals surface area (Å²) in [5.41, 5.74) is 1.17. The number of carboxylic acids is 2. The summed E-state index contributed by atoms with van der Waals surface area (Å²) >= 11 is 0.